The van der Waals surface area contributed by atoms with E-state index in [1.165, 1.54) is 5.56 Å². The van der Waals surface area contributed by atoms with Crippen LogP contribution < -0.4 is 0 Å². The molecule has 2 heteroatoms. The van der Waals surface area contributed by atoms with Crippen LogP contribution >= 0.6 is 0 Å². The third kappa shape index (κ3) is 1.28. The van der Waals surface area contributed by atoms with Crippen molar-refractivity contribution in [3.8, 4) is 0 Å². The predicted octanol–water partition coefficient (Wildman–Crippen LogP) is 2.44. The first-order chi connectivity index (χ1) is 5.86. The van der Waals surface area contributed by atoms with Crippen molar-refractivity contribution in [2.45, 2.75) is 13.5 Å². The smallest absolute Gasteiger partial charge is 0.126 e. The Morgan fingerprint density at radius 2 is 2.08 bits per heavy atom. The second kappa shape index (κ2) is 2.89. The highest BCUT2D eigenvalue weighted by molar-refractivity contribution is 5.15. The van der Waals surface area contributed by atoms with Crippen LogP contribution in [0.3, 0.4) is 0 Å². The maximum absolute atomic E-state index is 5.32. The lowest BCUT2D eigenvalue weighted by Crippen LogP contribution is -1.95. The van der Waals surface area contributed by atoms with Gasteiger partial charge in [-0.1, -0.05) is 0 Å². The fourth-order valence-electron chi connectivity index (χ4n) is 1.21. The number of rotatable bonds is 2. The van der Waals surface area contributed by atoms with Gasteiger partial charge in [0.05, 0.1) is 12.8 Å². The van der Waals surface area contributed by atoms with Crippen molar-refractivity contribution in [2.24, 2.45) is 0 Å². The lowest BCUT2D eigenvalue weighted by Gasteiger charge is -1.99. The molecule has 0 unspecified atom stereocenters. The Balaban J connectivity index is 2.20. The zero-order chi connectivity index (χ0) is 8.39. The molecule has 0 aliphatic heterocycles. The third-order valence-corrected chi connectivity index (χ3v) is 1.96. The van der Waals surface area contributed by atoms with Crippen molar-refractivity contribution in [3.05, 3.63) is 48.2 Å². The second-order valence-corrected chi connectivity index (χ2v) is 2.88. The molecule has 0 radical (unpaired) electrons. The lowest BCUT2D eigenvalue weighted by atomic mass is 10.3. The predicted molar refractivity (Wildman–Crippen MR) is 47.0 cm³/mol. The van der Waals surface area contributed by atoms with Gasteiger partial charge in [0, 0.05) is 12.4 Å². The molecule has 62 valence electrons. The molecule has 0 amide bonds. The summed E-state index contributed by atoms with van der Waals surface area (Å²) in [7, 11) is 0. The molecule has 0 atom stereocenters. The summed E-state index contributed by atoms with van der Waals surface area (Å²) in [6, 6.07) is 6.01. The summed E-state index contributed by atoms with van der Waals surface area (Å²) in [4.78, 5) is 0. The summed E-state index contributed by atoms with van der Waals surface area (Å²) in [6.45, 7) is 2.88. The van der Waals surface area contributed by atoms with Crippen LogP contribution in [0.1, 0.15) is 11.3 Å². The third-order valence-electron chi connectivity index (χ3n) is 1.96. The summed E-state index contributed by atoms with van der Waals surface area (Å²) in [5, 5.41) is 0. The highest BCUT2D eigenvalue weighted by Crippen LogP contribution is 2.10. The Bertz CT molecular complexity index is 346. The van der Waals surface area contributed by atoms with Gasteiger partial charge in [0.1, 0.15) is 5.76 Å². The summed E-state index contributed by atoms with van der Waals surface area (Å²) in [5.41, 5.74) is 1.21. The zero-order valence-electron chi connectivity index (χ0n) is 7.03. The van der Waals surface area contributed by atoms with E-state index in [-0.39, 0.29) is 0 Å². The molecule has 0 saturated heterocycles. The molecular weight excluding hydrogens is 150 g/mol. The standard InChI is InChI=1S/C10H11NO/c1-9-4-7-12-10(9)8-11-5-2-3-6-11/h2-7H,8H2,1H3. The van der Waals surface area contributed by atoms with Crippen molar-refractivity contribution in [3.63, 3.8) is 0 Å². The number of hydrogen-bond acceptors (Lipinski definition) is 1. The average molecular weight is 161 g/mol. The SMILES string of the molecule is Cc1ccoc1Cn1cccc1. The molecule has 0 spiro atoms. The molecule has 0 aliphatic rings. The Labute approximate surface area is 71.4 Å². The minimum absolute atomic E-state index is 0.825. The molecule has 0 aromatic carbocycles. The van der Waals surface area contributed by atoms with Gasteiger partial charge in [0.25, 0.3) is 0 Å². The second-order valence-electron chi connectivity index (χ2n) is 2.88. The zero-order valence-corrected chi connectivity index (χ0v) is 7.03. The van der Waals surface area contributed by atoms with Gasteiger partial charge in [-0.05, 0) is 30.7 Å². The topological polar surface area (TPSA) is 18.1 Å². The van der Waals surface area contributed by atoms with E-state index in [4.69, 9.17) is 4.42 Å². The number of hydrogen-bond donors (Lipinski definition) is 0. The summed E-state index contributed by atoms with van der Waals surface area (Å²) in [5.74, 6) is 1.03. The maximum atomic E-state index is 5.32. The molecule has 2 aromatic heterocycles. The van der Waals surface area contributed by atoms with E-state index >= 15 is 0 Å². The van der Waals surface area contributed by atoms with Gasteiger partial charge in [0.15, 0.2) is 0 Å². The molecule has 2 rings (SSSR count). The Hall–Kier alpha value is -1.44. The number of aryl methyl sites for hydroxylation is 1. The van der Waals surface area contributed by atoms with Gasteiger partial charge in [-0.3, -0.25) is 0 Å². The molecule has 2 heterocycles. The first kappa shape index (κ1) is 7.22. The minimum atomic E-state index is 0.825. The normalized spacial score (nSPS) is 10.4. The molecule has 0 saturated carbocycles. The van der Waals surface area contributed by atoms with Gasteiger partial charge < -0.3 is 8.98 Å². The Morgan fingerprint density at radius 1 is 1.33 bits per heavy atom. The Morgan fingerprint density at radius 3 is 2.67 bits per heavy atom. The van der Waals surface area contributed by atoms with Gasteiger partial charge in [-0.15, -0.1) is 0 Å². The van der Waals surface area contributed by atoms with Crippen LogP contribution in [0.2, 0.25) is 0 Å². The quantitative estimate of drug-likeness (QED) is 0.661. The van der Waals surface area contributed by atoms with Crippen molar-refractivity contribution < 1.29 is 4.42 Å². The molecule has 0 N–H and O–H groups in total. The highest BCUT2D eigenvalue weighted by atomic mass is 16.3. The molecule has 0 fully saturated rings. The fraction of sp³-hybridized carbons (Fsp3) is 0.200. The fourth-order valence-corrected chi connectivity index (χ4v) is 1.21. The van der Waals surface area contributed by atoms with E-state index in [0.717, 1.165) is 12.3 Å². The van der Waals surface area contributed by atoms with Gasteiger partial charge in [-0.2, -0.15) is 0 Å². The van der Waals surface area contributed by atoms with Crippen LogP contribution in [-0.2, 0) is 6.54 Å². The van der Waals surface area contributed by atoms with Gasteiger partial charge in [-0.25, -0.2) is 0 Å². The van der Waals surface area contributed by atoms with Crippen LogP contribution in [0.25, 0.3) is 0 Å². The van der Waals surface area contributed by atoms with Crippen molar-refractivity contribution >= 4 is 0 Å². The van der Waals surface area contributed by atoms with E-state index in [9.17, 15) is 0 Å². The van der Waals surface area contributed by atoms with Crippen LogP contribution in [0.5, 0.6) is 0 Å². The largest absolute Gasteiger partial charge is 0.467 e. The Kier molecular flexibility index (Phi) is 1.74. The van der Waals surface area contributed by atoms with E-state index in [0.29, 0.717) is 0 Å². The van der Waals surface area contributed by atoms with Crippen LogP contribution in [0.15, 0.2) is 41.3 Å². The number of furan rings is 1. The van der Waals surface area contributed by atoms with Crippen LogP contribution in [0, 0.1) is 6.92 Å². The van der Waals surface area contributed by atoms with E-state index < -0.39 is 0 Å². The van der Waals surface area contributed by atoms with Crippen molar-refractivity contribution in [1.82, 2.24) is 4.57 Å². The van der Waals surface area contributed by atoms with Gasteiger partial charge >= 0.3 is 0 Å². The number of nitrogens with zero attached hydrogens (tertiary/aromatic N) is 1. The van der Waals surface area contributed by atoms with E-state index in [1.54, 1.807) is 6.26 Å². The molecule has 0 bridgehead atoms. The minimum Gasteiger partial charge on any atom is -0.467 e. The lowest BCUT2D eigenvalue weighted by molar-refractivity contribution is 0.491. The van der Waals surface area contributed by atoms with Crippen LogP contribution in [0.4, 0.5) is 0 Å². The van der Waals surface area contributed by atoms with Crippen LogP contribution in [-0.4, -0.2) is 4.57 Å². The van der Waals surface area contributed by atoms with E-state index in [1.807, 2.05) is 30.6 Å². The monoisotopic (exact) mass is 161 g/mol. The molecule has 2 aromatic rings. The molecular formula is C10H11NO. The molecule has 12 heavy (non-hydrogen) atoms. The van der Waals surface area contributed by atoms with Crippen molar-refractivity contribution in [1.29, 1.82) is 0 Å². The summed E-state index contributed by atoms with van der Waals surface area (Å²) >= 11 is 0. The maximum Gasteiger partial charge on any atom is 0.126 e. The highest BCUT2D eigenvalue weighted by Gasteiger charge is 2.00. The average Bonchev–Trinajstić information content (AvgIpc) is 2.65. The van der Waals surface area contributed by atoms with E-state index in [2.05, 4.69) is 11.5 Å². The first-order valence-electron chi connectivity index (χ1n) is 4.00. The first-order valence-corrected chi connectivity index (χ1v) is 4.00. The van der Waals surface area contributed by atoms with Crippen molar-refractivity contribution in [2.75, 3.05) is 0 Å². The molecule has 2 nitrogen and oxygen atoms in total. The molecule has 0 aliphatic carbocycles. The summed E-state index contributed by atoms with van der Waals surface area (Å²) < 4.78 is 7.41. The number of aromatic nitrogens is 1. The van der Waals surface area contributed by atoms with Gasteiger partial charge in [0.2, 0.25) is 0 Å². The summed E-state index contributed by atoms with van der Waals surface area (Å²) in [6.07, 6.45) is 5.79.